The smallest absolute Gasteiger partial charge is 0.138 e. The highest BCUT2D eigenvalue weighted by atomic mass is 32.1. The lowest BCUT2D eigenvalue weighted by atomic mass is 9.78. The summed E-state index contributed by atoms with van der Waals surface area (Å²) in [5, 5.41) is 0. The number of carbonyl (C=O) groups excluding carboxylic acids is 1. The number of Topliss-reactive ketones (excluding diaryl/α,β-unsaturated/α-hetero) is 1. The number of hydrogen-bond donors (Lipinski definition) is 0. The summed E-state index contributed by atoms with van der Waals surface area (Å²) in [5.41, 5.74) is 0.918. The van der Waals surface area contributed by atoms with Crippen LogP contribution in [-0.4, -0.2) is 28.8 Å². The average Bonchev–Trinajstić information content (AvgIpc) is 3.05. The summed E-state index contributed by atoms with van der Waals surface area (Å²) in [6.07, 6.45) is 3.01. The molecule has 2 rings (SSSR count). The maximum Gasteiger partial charge on any atom is 0.138 e. The molecule has 1 aliphatic heterocycles. The molecular formula is C20H29NOS. The molecule has 2 atom stereocenters. The molecule has 1 saturated heterocycles. The fourth-order valence-corrected chi connectivity index (χ4v) is 3.53. The topological polar surface area (TPSA) is 20.3 Å². The van der Waals surface area contributed by atoms with Gasteiger partial charge >= 0.3 is 0 Å². The Morgan fingerprint density at radius 2 is 1.74 bits per heavy atom. The minimum absolute atomic E-state index is 0.163. The van der Waals surface area contributed by atoms with Crippen molar-refractivity contribution in [3.63, 3.8) is 0 Å². The molecule has 0 aromatic heterocycles. The number of nitrogens with zero attached hydrogens (tertiary/aromatic N) is 1. The first kappa shape index (κ1) is 18.1. The Labute approximate surface area is 146 Å². The van der Waals surface area contributed by atoms with Gasteiger partial charge in [0.05, 0.1) is 4.99 Å². The van der Waals surface area contributed by atoms with E-state index in [0.29, 0.717) is 12.2 Å². The predicted octanol–water partition coefficient (Wildman–Crippen LogP) is 4.83. The molecule has 1 aliphatic rings. The molecule has 0 amide bonds. The van der Waals surface area contributed by atoms with E-state index in [0.717, 1.165) is 18.1 Å². The van der Waals surface area contributed by atoms with Gasteiger partial charge < -0.3 is 4.90 Å². The summed E-state index contributed by atoms with van der Waals surface area (Å²) in [5.74, 6) is 0.676. The van der Waals surface area contributed by atoms with Gasteiger partial charge in [0.2, 0.25) is 0 Å². The van der Waals surface area contributed by atoms with E-state index < -0.39 is 0 Å². The van der Waals surface area contributed by atoms with Gasteiger partial charge in [-0.25, -0.2) is 0 Å². The first-order valence-electron chi connectivity index (χ1n) is 8.67. The van der Waals surface area contributed by atoms with Crippen LogP contribution in [0.2, 0.25) is 0 Å². The summed E-state index contributed by atoms with van der Waals surface area (Å²) < 4.78 is 0. The molecule has 0 saturated carbocycles. The van der Waals surface area contributed by atoms with Crippen molar-refractivity contribution in [1.29, 1.82) is 0 Å². The first-order valence-corrected chi connectivity index (χ1v) is 9.08. The number of ketones is 1. The monoisotopic (exact) mass is 331 g/mol. The zero-order chi connectivity index (χ0) is 17.0. The number of likely N-dealkylation sites (tertiary alicyclic amines) is 1. The van der Waals surface area contributed by atoms with Crippen LogP contribution < -0.4 is 0 Å². The molecule has 1 aromatic carbocycles. The van der Waals surface area contributed by atoms with Gasteiger partial charge in [-0.2, -0.15) is 0 Å². The fraction of sp³-hybridized carbons (Fsp3) is 0.600. The van der Waals surface area contributed by atoms with E-state index in [4.69, 9.17) is 12.2 Å². The lowest BCUT2D eigenvalue weighted by Gasteiger charge is -2.31. The average molecular weight is 332 g/mol. The summed E-state index contributed by atoms with van der Waals surface area (Å²) in [6, 6.07) is 10.4. The van der Waals surface area contributed by atoms with Gasteiger partial charge in [-0.3, -0.25) is 4.79 Å². The molecule has 0 bridgehead atoms. The number of thiocarbonyl (C=S) groups is 1. The van der Waals surface area contributed by atoms with E-state index in [1.165, 1.54) is 18.4 Å². The van der Waals surface area contributed by atoms with E-state index in [1.807, 2.05) is 26.8 Å². The fourth-order valence-electron chi connectivity index (χ4n) is 3.19. The Kier molecular flexibility index (Phi) is 5.96. The van der Waals surface area contributed by atoms with E-state index in [1.54, 1.807) is 0 Å². The molecule has 0 spiro atoms. The highest BCUT2D eigenvalue weighted by Crippen LogP contribution is 2.34. The standard InChI is InChI=1S/C20H29NOS/c1-15(19(23)21-12-8-9-13-21)17(14-18(22)20(2,3)4)16-10-6-5-7-11-16/h5-7,10-11,15,17H,8-9,12-14H2,1-4H3/t15-,17+/m1/s1. The van der Waals surface area contributed by atoms with Crippen LogP contribution in [0.5, 0.6) is 0 Å². The van der Waals surface area contributed by atoms with Gasteiger partial charge in [0.15, 0.2) is 0 Å². The maximum absolute atomic E-state index is 12.6. The van der Waals surface area contributed by atoms with Crippen LogP contribution >= 0.6 is 12.2 Å². The van der Waals surface area contributed by atoms with Gasteiger partial charge in [0, 0.05) is 30.8 Å². The van der Waals surface area contributed by atoms with Crippen molar-refractivity contribution in [2.75, 3.05) is 13.1 Å². The van der Waals surface area contributed by atoms with Crippen molar-refractivity contribution in [3.05, 3.63) is 35.9 Å². The highest BCUT2D eigenvalue weighted by Gasteiger charge is 2.32. The van der Waals surface area contributed by atoms with Crippen molar-refractivity contribution < 1.29 is 4.79 Å². The van der Waals surface area contributed by atoms with Gasteiger partial charge in [0.1, 0.15) is 5.78 Å². The van der Waals surface area contributed by atoms with Gasteiger partial charge in [-0.05, 0) is 24.3 Å². The Hall–Kier alpha value is -1.22. The van der Waals surface area contributed by atoms with E-state index >= 15 is 0 Å². The summed E-state index contributed by atoms with van der Waals surface area (Å²) in [4.78, 5) is 16.0. The highest BCUT2D eigenvalue weighted by molar-refractivity contribution is 7.80. The quantitative estimate of drug-likeness (QED) is 0.720. The number of rotatable bonds is 5. The summed E-state index contributed by atoms with van der Waals surface area (Å²) in [6.45, 7) is 10.3. The molecule has 1 heterocycles. The Morgan fingerprint density at radius 3 is 2.26 bits per heavy atom. The largest absolute Gasteiger partial charge is 0.366 e. The van der Waals surface area contributed by atoms with Crippen LogP contribution in [0.25, 0.3) is 0 Å². The Morgan fingerprint density at radius 1 is 1.17 bits per heavy atom. The first-order chi connectivity index (χ1) is 10.8. The summed E-state index contributed by atoms with van der Waals surface area (Å²) in [7, 11) is 0. The van der Waals surface area contributed by atoms with Crippen LogP contribution in [0.4, 0.5) is 0 Å². The zero-order valence-electron chi connectivity index (χ0n) is 14.8. The second kappa shape index (κ2) is 7.57. The SMILES string of the molecule is C[C@@H](C(=S)N1CCCC1)[C@H](CC(=O)C(C)(C)C)c1ccccc1. The van der Waals surface area contributed by atoms with Crippen LogP contribution in [0.15, 0.2) is 30.3 Å². The third-order valence-corrected chi connectivity index (χ3v) is 5.51. The minimum Gasteiger partial charge on any atom is -0.366 e. The number of carbonyl (C=O) groups is 1. The normalized spacial score (nSPS) is 17.8. The van der Waals surface area contributed by atoms with E-state index in [-0.39, 0.29) is 17.3 Å². The van der Waals surface area contributed by atoms with Gasteiger partial charge in [-0.1, -0.05) is 70.2 Å². The molecule has 0 radical (unpaired) electrons. The zero-order valence-corrected chi connectivity index (χ0v) is 15.7. The molecule has 3 heteroatoms. The second-order valence-electron chi connectivity index (χ2n) is 7.72. The van der Waals surface area contributed by atoms with Gasteiger partial charge in [-0.15, -0.1) is 0 Å². The second-order valence-corrected chi connectivity index (χ2v) is 8.13. The van der Waals surface area contributed by atoms with Crippen molar-refractivity contribution in [2.24, 2.45) is 11.3 Å². The van der Waals surface area contributed by atoms with Crippen molar-refractivity contribution in [1.82, 2.24) is 4.90 Å². The summed E-state index contributed by atoms with van der Waals surface area (Å²) >= 11 is 5.77. The van der Waals surface area contributed by atoms with Gasteiger partial charge in [0.25, 0.3) is 0 Å². The molecule has 1 fully saturated rings. The van der Waals surface area contributed by atoms with Crippen molar-refractivity contribution >= 4 is 23.0 Å². The number of benzene rings is 1. The van der Waals surface area contributed by atoms with Crippen LogP contribution in [0, 0.1) is 11.3 Å². The number of hydrogen-bond acceptors (Lipinski definition) is 2. The van der Waals surface area contributed by atoms with E-state index in [2.05, 4.69) is 36.1 Å². The molecule has 0 aliphatic carbocycles. The van der Waals surface area contributed by atoms with Crippen LogP contribution in [0.3, 0.4) is 0 Å². The molecular weight excluding hydrogens is 302 g/mol. The van der Waals surface area contributed by atoms with E-state index in [9.17, 15) is 4.79 Å². The molecule has 1 aromatic rings. The minimum atomic E-state index is -0.304. The maximum atomic E-state index is 12.6. The molecule has 0 N–H and O–H groups in total. The third kappa shape index (κ3) is 4.63. The molecule has 23 heavy (non-hydrogen) atoms. The third-order valence-electron chi connectivity index (χ3n) is 4.88. The molecule has 126 valence electrons. The van der Waals surface area contributed by atoms with Crippen molar-refractivity contribution in [2.45, 2.75) is 52.9 Å². The Bertz CT molecular complexity index is 541. The Balaban J connectivity index is 2.22. The molecule has 2 nitrogen and oxygen atoms in total. The molecule has 0 unspecified atom stereocenters. The lowest BCUT2D eigenvalue weighted by molar-refractivity contribution is -0.126. The van der Waals surface area contributed by atoms with Crippen LogP contribution in [0.1, 0.15) is 58.4 Å². The predicted molar refractivity (Wildman–Crippen MR) is 101 cm³/mol. The lowest BCUT2D eigenvalue weighted by Crippen LogP contribution is -2.35. The van der Waals surface area contributed by atoms with Crippen molar-refractivity contribution in [3.8, 4) is 0 Å². The van der Waals surface area contributed by atoms with Crippen LogP contribution in [-0.2, 0) is 4.79 Å².